The number of anilines is 1. The van der Waals surface area contributed by atoms with E-state index in [1.165, 1.54) is 25.1 Å². The minimum absolute atomic E-state index is 0.0542. The van der Waals surface area contributed by atoms with Crippen LogP contribution in [0, 0.1) is 11.6 Å². The van der Waals surface area contributed by atoms with Gasteiger partial charge in [0.1, 0.15) is 11.6 Å². The Labute approximate surface area is 139 Å². The molecule has 0 aliphatic carbocycles. The molecule has 2 amide bonds. The number of amides is 2. The Hall–Kier alpha value is -2.28. The fourth-order valence-electron chi connectivity index (χ4n) is 2.71. The molecule has 2 aromatic carbocycles. The molecule has 1 heterocycles. The van der Waals surface area contributed by atoms with E-state index in [-0.39, 0.29) is 22.4 Å². The van der Waals surface area contributed by atoms with Gasteiger partial charge in [-0.3, -0.25) is 14.5 Å². The SMILES string of the molecule is C[C@H](c1ccc(F)cc1F)N1C(=O)c2cc(Br)cc(N)c2C1=O. The lowest BCUT2D eigenvalue weighted by molar-refractivity contribution is 0.0593. The molecule has 1 aliphatic rings. The summed E-state index contributed by atoms with van der Waals surface area (Å²) in [7, 11) is 0. The Bertz CT molecular complexity index is 854. The number of benzene rings is 2. The molecule has 0 unspecified atom stereocenters. The zero-order valence-corrected chi connectivity index (χ0v) is 13.5. The summed E-state index contributed by atoms with van der Waals surface area (Å²) in [6.45, 7) is 1.50. The number of carbonyl (C=O) groups excluding carboxylic acids is 2. The van der Waals surface area contributed by atoms with E-state index in [9.17, 15) is 18.4 Å². The molecule has 0 saturated carbocycles. The molecule has 0 fully saturated rings. The van der Waals surface area contributed by atoms with Crippen LogP contribution in [0.5, 0.6) is 0 Å². The molecule has 7 heteroatoms. The van der Waals surface area contributed by atoms with Gasteiger partial charge in [0.15, 0.2) is 0 Å². The van der Waals surface area contributed by atoms with Crippen LogP contribution in [-0.4, -0.2) is 16.7 Å². The van der Waals surface area contributed by atoms with Gasteiger partial charge < -0.3 is 5.73 Å². The Kier molecular flexibility index (Phi) is 3.68. The Morgan fingerprint density at radius 2 is 1.83 bits per heavy atom. The topological polar surface area (TPSA) is 63.4 Å². The molecule has 2 N–H and O–H groups in total. The first kappa shape index (κ1) is 15.6. The van der Waals surface area contributed by atoms with Crippen LogP contribution in [-0.2, 0) is 0 Å². The van der Waals surface area contributed by atoms with Gasteiger partial charge in [0.25, 0.3) is 11.8 Å². The van der Waals surface area contributed by atoms with Crippen molar-refractivity contribution in [2.24, 2.45) is 0 Å². The smallest absolute Gasteiger partial charge is 0.264 e. The van der Waals surface area contributed by atoms with Crippen LogP contribution in [0.25, 0.3) is 0 Å². The second kappa shape index (κ2) is 5.42. The molecule has 0 spiro atoms. The number of nitrogens with two attached hydrogens (primary N) is 1. The lowest BCUT2D eigenvalue weighted by atomic mass is 10.1. The second-order valence-corrected chi connectivity index (χ2v) is 6.16. The largest absolute Gasteiger partial charge is 0.398 e. The molecule has 23 heavy (non-hydrogen) atoms. The Morgan fingerprint density at radius 3 is 2.48 bits per heavy atom. The van der Waals surface area contributed by atoms with Crippen molar-refractivity contribution in [1.82, 2.24) is 4.90 Å². The lowest BCUT2D eigenvalue weighted by Crippen LogP contribution is -2.33. The fourth-order valence-corrected chi connectivity index (χ4v) is 3.18. The van der Waals surface area contributed by atoms with Crippen LogP contribution in [0.1, 0.15) is 39.2 Å². The van der Waals surface area contributed by atoms with Gasteiger partial charge in [0.2, 0.25) is 0 Å². The lowest BCUT2D eigenvalue weighted by Gasteiger charge is -2.23. The highest BCUT2D eigenvalue weighted by atomic mass is 79.9. The molecule has 0 saturated heterocycles. The van der Waals surface area contributed by atoms with E-state index in [1.807, 2.05) is 0 Å². The molecule has 0 radical (unpaired) electrons. The van der Waals surface area contributed by atoms with Crippen LogP contribution in [0.4, 0.5) is 14.5 Å². The van der Waals surface area contributed by atoms with Crippen molar-refractivity contribution in [2.45, 2.75) is 13.0 Å². The van der Waals surface area contributed by atoms with Gasteiger partial charge in [-0.2, -0.15) is 0 Å². The van der Waals surface area contributed by atoms with Crippen LogP contribution >= 0.6 is 15.9 Å². The normalized spacial score (nSPS) is 15.0. The van der Waals surface area contributed by atoms with Gasteiger partial charge >= 0.3 is 0 Å². The molecule has 118 valence electrons. The molecular formula is C16H11BrF2N2O2. The third-order valence-electron chi connectivity index (χ3n) is 3.82. The van der Waals surface area contributed by atoms with Crippen molar-refractivity contribution in [3.05, 3.63) is 63.1 Å². The number of nitrogens with zero attached hydrogens (tertiary/aromatic N) is 1. The molecule has 2 aromatic rings. The molecule has 3 rings (SSSR count). The molecule has 0 aromatic heterocycles. The summed E-state index contributed by atoms with van der Waals surface area (Å²) in [5.41, 5.74) is 6.31. The summed E-state index contributed by atoms with van der Waals surface area (Å²) in [4.78, 5) is 26.0. The van der Waals surface area contributed by atoms with Gasteiger partial charge in [-0.15, -0.1) is 0 Å². The van der Waals surface area contributed by atoms with Crippen LogP contribution in [0.3, 0.4) is 0 Å². The van der Waals surface area contributed by atoms with Gasteiger partial charge in [0, 0.05) is 21.8 Å². The maximum absolute atomic E-state index is 14.0. The number of halogens is 3. The first-order valence-corrected chi connectivity index (χ1v) is 7.52. The van der Waals surface area contributed by atoms with Crippen molar-refractivity contribution in [3.8, 4) is 0 Å². The second-order valence-electron chi connectivity index (χ2n) is 5.24. The monoisotopic (exact) mass is 380 g/mol. The number of hydrogen-bond donors (Lipinski definition) is 1. The Balaban J connectivity index is 2.07. The van der Waals surface area contributed by atoms with E-state index in [1.54, 1.807) is 0 Å². The zero-order valence-electron chi connectivity index (χ0n) is 11.9. The Morgan fingerprint density at radius 1 is 1.13 bits per heavy atom. The average Bonchev–Trinajstić information content (AvgIpc) is 2.70. The highest BCUT2D eigenvalue weighted by Gasteiger charge is 2.41. The number of imide groups is 1. The van der Waals surface area contributed by atoms with E-state index in [0.717, 1.165) is 17.0 Å². The summed E-state index contributed by atoms with van der Waals surface area (Å²) < 4.78 is 27.6. The minimum atomic E-state index is -0.888. The minimum Gasteiger partial charge on any atom is -0.398 e. The number of carbonyl (C=O) groups is 2. The van der Waals surface area contributed by atoms with Crippen LogP contribution in [0.2, 0.25) is 0 Å². The first-order chi connectivity index (χ1) is 10.8. The zero-order chi connectivity index (χ0) is 16.9. The fraction of sp³-hybridized carbons (Fsp3) is 0.125. The predicted molar refractivity (Wildman–Crippen MR) is 83.8 cm³/mol. The van der Waals surface area contributed by atoms with Gasteiger partial charge in [0.05, 0.1) is 17.2 Å². The molecule has 1 aliphatic heterocycles. The summed E-state index contributed by atoms with van der Waals surface area (Å²) >= 11 is 3.22. The average molecular weight is 381 g/mol. The van der Waals surface area contributed by atoms with Crippen molar-refractivity contribution in [2.75, 3.05) is 5.73 Å². The summed E-state index contributed by atoms with van der Waals surface area (Å²) in [5, 5.41) is 0. The van der Waals surface area contributed by atoms with Crippen LogP contribution in [0.15, 0.2) is 34.8 Å². The summed E-state index contributed by atoms with van der Waals surface area (Å²) in [6, 6.07) is 5.16. The van der Waals surface area contributed by atoms with Gasteiger partial charge in [-0.05, 0) is 25.1 Å². The van der Waals surface area contributed by atoms with Crippen molar-refractivity contribution >= 4 is 33.4 Å². The van der Waals surface area contributed by atoms with E-state index >= 15 is 0 Å². The highest BCUT2D eigenvalue weighted by Crippen LogP contribution is 2.36. The van der Waals surface area contributed by atoms with Gasteiger partial charge in [-0.1, -0.05) is 22.0 Å². The quantitative estimate of drug-likeness (QED) is 0.638. The number of hydrogen-bond acceptors (Lipinski definition) is 3. The number of rotatable bonds is 2. The van der Waals surface area contributed by atoms with Crippen molar-refractivity contribution in [1.29, 1.82) is 0 Å². The van der Waals surface area contributed by atoms with E-state index in [0.29, 0.717) is 4.47 Å². The van der Waals surface area contributed by atoms with Crippen molar-refractivity contribution in [3.63, 3.8) is 0 Å². The molecule has 1 atom stereocenters. The number of nitrogen functional groups attached to an aromatic ring is 1. The molecule has 0 bridgehead atoms. The third kappa shape index (κ3) is 2.41. The predicted octanol–water partition coefficient (Wildman–Crippen LogP) is 3.67. The summed E-state index contributed by atoms with van der Waals surface area (Å²) in [5.74, 6) is -2.70. The van der Waals surface area contributed by atoms with E-state index in [4.69, 9.17) is 5.73 Å². The molecular weight excluding hydrogens is 370 g/mol. The third-order valence-corrected chi connectivity index (χ3v) is 4.27. The van der Waals surface area contributed by atoms with E-state index < -0.39 is 29.5 Å². The highest BCUT2D eigenvalue weighted by molar-refractivity contribution is 9.10. The first-order valence-electron chi connectivity index (χ1n) is 6.73. The number of fused-ring (bicyclic) bond motifs is 1. The molecule has 4 nitrogen and oxygen atoms in total. The standard InChI is InChI=1S/C16H11BrF2N2O2/c1-7(10-3-2-9(18)6-12(10)19)21-15(22)11-4-8(17)5-13(20)14(11)16(21)23/h2-7H,20H2,1H3/t7-/m1/s1. The van der Waals surface area contributed by atoms with Crippen LogP contribution < -0.4 is 5.73 Å². The van der Waals surface area contributed by atoms with Gasteiger partial charge in [-0.25, -0.2) is 8.78 Å². The maximum Gasteiger partial charge on any atom is 0.264 e. The van der Waals surface area contributed by atoms with E-state index in [2.05, 4.69) is 15.9 Å². The summed E-state index contributed by atoms with van der Waals surface area (Å²) in [6.07, 6.45) is 0. The maximum atomic E-state index is 14.0. The van der Waals surface area contributed by atoms with Crippen molar-refractivity contribution < 1.29 is 18.4 Å².